The Labute approximate surface area is 98.3 Å². The maximum absolute atomic E-state index is 11.5. The zero-order valence-corrected chi connectivity index (χ0v) is 9.54. The van der Waals surface area contributed by atoms with Crippen molar-refractivity contribution in [1.29, 1.82) is 0 Å². The van der Waals surface area contributed by atoms with Crippen molar-refractivity contribution in [2.45, 2.75) is 19.9 Å². The number of aromatic nitrogens is 2. The number of hydrogen-bond acceptors (Lipinski definition) is 4. The molecule has 1 aromatic heterocycles. The highest BCUT2D eigenvalue weighted by molar-refractivity contribution is 5.87. The van der Waals surface area contributed by atoms with Gasteiger partial charge in [0.15, 0.2) is 0 Å². The maximum atomic E-state index is 11.5. The summed E-state index contributed by atoms with van der Waals surface area (Å²) < 4.78 is 0. The van der Waals surface area contributed by atoms with Gasteiger partial charge in [0.25, 0.3) is 0 Å². The van der Waals surface area contributed by atoms with Crippen molar-refractivity contribution in [1.82, 2.24) is 15.3 Å². The van der Waals surface area contributed by atoms with E-state index in [0.717, 1.165) is 0 Å². The molecule has 2 amide bonds. The smallest absolute Gasteiger partial charge is 0.321 e. The van der Waals surface area contributed by atoms with Crippen LogP contribution in [0.2, 0.25) is 0 Å². The molecule has 1 aromatic rings. The second kappa shape index (κ2) is 5.78. The summed E-state index contributed by atoms with van der Waals surface area (Å²) in [7, 11) is 0. The van der Waals surface area contributed by atoms with Crippen molar-refractivity contribution in [3.63, 3.8) is 0 Å². The van der Waals surface area contributed by atoms with Crippen molar-refractivity contribution < 1.29 is 14.7 Å². The molecule has 2 atom stereocenters. The van der Waals surface area contributed by atoms with E-state index < -0.39 is 24.0 Å². The Morgan fingerprint density at radius 2 is 1.88 bits per heavy atom. The Morgan fingerprint density at radius 3 is 2.41 bits per heavy atom. The van der Waals surface area contributed by atoms with Crippen molar-refractivity contribution in [2.24, 2.45) is 5.92 Å². The second-order valence-electron chi connectivity index (χ2n) is 3.59. The number of carbonyl (C=O) groups excluding carboxylic acids is 1. The minimum absolute atomic E-state index is 0.167. The monoisotopic (exact) mass is 238 g/mol. The zero-order valence-electron chi connectivity index (χ0n) is 9.54. The number of carboxylic acids is 1. The molecule has 0 aliphatic carbocycles. The van der Waals surface area contributed by atoms with E-state index in [1.807, 2.05) is 0 Å². The fraction of sp³-hybridized carbons (Fsp3) is 0.400. The predicted molar refractivity (Wildman–Crippen MR) is 60.4 cm³/mol. The number of rotatable bonds is 4. The number of urea groups is 1. The molecular weight excluding hydrogens is 224 g/mol. The van der Waals surface area contributed by atoms with Gasteiger partial charge in [0, 0.05) is 18.4 Å². The summed E-state index contributed by atoms with van der Waals surface area (Å²) in [6, 6.07) is 0.603. The normalized spacial score (nSPS) is 13.5. The molecule has 0 fully saturated rings. The van der Waals surface area contributed by atoms with Crippen LogP contribution < -0.4 is 10.6 Å². The molecule has 92 valence electrons. The predicted octanol–water partition coefficient (Wildman–Crippen LogP) is 0.707. The largest absolute Gasteiger partial charge is 0.481 e. The molecule has 1 rings (SSSR count). The Bertz CT molecular complexity index is 396. The number of hydrogen-bond donors (Lipinski definition) is 3. The third kappa shape index (κ3) is 4.06. The molecule has 0 saturated heterocycles. The molecule has 0 spiro atoms. The highest BCUT2D eigenvalue weighted by Crippen LogP contribution is 2.02. The number of aliphatic carboxylic acids is 1. The van der Waals surface area contributed by atoms with Crippen molar-refractivity contribution in [2.75, 3.05) is 5.32 Å². The lowest BCUT2D eigenvalue weighted by Crippen LogP contribution is -2.42. The van der Waals surface area contributed by atoms with Gasteiger partial charge < -0.3 is 10.4 Å². The highest BCUT2D eigenvalue weighted by Gasteiger charge is 2.20. The molecule has 17 heavy (non-hydrogen) atoms. The van der Waals surface area contributed by atoms with E-state index >= 15 is 0 Å². The van der Waals surface area contributed by atoms with Crippen molar-refractivity contribution in [3.05, 3.63) is 18.5 Å². The SMILES string of the molecule is CC(NC(=O)Nc1ncccn1)C(C)C(=O)O. The van der Waals surface area contributed by atoms with Crippen LogP contribution in [0.1, 0.15) is 13.8 Å². The van der Waals surface area contributed by atoms with Crippen LogP contribution in [0.5, 0.6) is 0 Å². The van der Waals surface area contributed by atoms with Gasteiger partial charge in [0.1, 0.15) is 0 Å². The van der Waals surface area contributed by atoms with Crippen LogP contribution in [0, 0.1) is 5.92 Å². The third-order valence-electron chi connectivity index (χ3n) is 2.29. The van der Waals surface area contributed by atoms with Crippen molar-refractivity contribution >= 4 is 17.9 Å². The van der Waals surface area contributed by atoms with Gasteiger partial charge in [-0.25, -0.2) is 14.8 Å². The van der Waals surface area contributed by atoms with Gasteiger partial charge >= 0.3 is 12.0 Å². The van der Waals surface area contributed by atoms with Crippen LogP contribution in [0.3, 0.4) is 0 Å². The Morgan fingerprint density at radius 1 is 1.29 bits per heavy atom. The molecule has 0 saturated carbocycles. The Hall–Kier alpha value is -2.18. The number of anilines is 1. The summed E-state index contributed by atoms with van der Waals surface area (Å²) in [6.07, 6.45) is 2.98. The standard InChI is InChI=1S/C10H14N4O3/c1-6(8(15)16)7(2)13-10(17)14-9-11-4-3-5-12-9/h3-7H,1-2H3,(H,15,16)(H2,11,12,13,14,17). The average molecular weight is 238 g/mol. The van der Waals surface area contributed by atoms with E-state index in [4.69, 9.17) is 5.11 Å². The fourth-order valence-electron chi connectivity index (χ4n) is 1.05. The summed E-state index contributed by atoms with van der Waals surface area (Å²) in [5.41, 5.74) is 0. The first-order valence-electron chi connectivity index (χ1n) is 5.08. The van der Waals surface area contributed by atoms with E-state index in [-0.39, 0.29) is 5.95 Å². The number of nitrogens with zero attached hydrogens (tertiary/aromatic N) is 2. The molecule has 0 aliphatic heterocycles. The molecule has 0 radical (unpaired) electrons. The Kier molecular flexibility index (Phi) is 4.38. The lowest BCUT2D eigenvalue weighted by Gasteiger charge is -2.17. The van der Waals surface area contributed by atoms with Crippen molar-refractivity contribution in [3.8, 4) is 0 Å². The molecular formula is C10H14N4O3. The second-order valence-corrected chi connectivity index (χ2v) is 3.59. The Balaban J connectivity index is 2.48. The number of nitrogens with one attached hydrogen (secondary N) is 2. The number of carbonyl (C=O) groups is 2. The van der Waals surface area contributed by atoms with E-state index in [9.17, 15) is 9.59 Å². The van der Waals surface area contributed by atoms with Crippen LogP contribution in [0.15, 0.2) is 18.5 Å². The average Bonchev–Trinajstić information content (AvgIpc) is 2.28. The molecule has 0 aliphatic rings. The summed E-state index contributed by atoms with van der Waals surface area (Å²) >= 11 is 0. The quantitative estimate of drug-likeness (QED) is 0.716. The van der Waals surface area contributed by atoms with Crippen LogP contribution in [0.4, 0.5) is 10.7 Å². The zero-order chi connectivity index (χ0) is 12.8. The molecule has 0 aromatic carbocycles. The molecule has 1 heterocycles. The summed E-state index contributed by atoms with van der Waals surface area (Å²) in [6.45, 7) is 3.14. The van der Waals surface area contributed by atoms with Crippen LogP contribution >= 0.6 is 0 Å². The van der Waals surface area contributed by atoms with Crippen LogP contribution in [-0.4, -0.2) is 33.1 Å². The van der Waals surface area contributed by atoms with Crippen LogP contribution in [0.25, 0.3) is 0 Å². The topological polar surface area (TPSA) is 104 Å². The molecule has 3 N–H and O–H groups in total. The van der Waals surface area contributed by atoms with Gasteiger partial charge in [0.2, 0.25) is 5.95 Å². The first-order valence-corrected chi connectivity index (χ1v) is 5.08. The number of carboxylic acid groups (broad SMARTS) is 1. The third-order valence-corrected chi connectivity index (χ3v) is 2.29. The van der Waals surface area contributed by atoms with Gasteiger partial charge in [-0.2, -0.15) is 0 Å². The van der Waals surface area contributed by atoms with Gasteiger partial charge in [0.05, 0.1) is 5.92 Å². The molecule has 0 bridgehead atoms. The summed E-state index contributed by atoms with van der Waals surface area (Å²) in [4.78, 5) is 29.8. The van der Waals surface area contributed by atoms with E-state index in [1.54, 1.807) is 13.0 Å². The van der Waals surface area contributed by atoms with E-state index in [0.29, 0.717) is 0 Å². The molecule has 7 heteroatoms. The molecule has 2 unspecified atom stereocenters. The minimum Gasteiger partial charge on any atom is -0.481 e. The lowest BCUT2D eigenvalue weighted by atomic mass is 10.0. The summed E-state index contributed by atoms with van der Waals surface area (Å²) in [5.74, 6) is -1.47. The first-order chi connectivity index (χ1) is 8.00. The van der Waals surface area contributed by atoms with Gasteiger partial charge in [-0.15, -0.1) is 0 Å². The van der Waals surface area contributed by atoms with Gasteiger partial charge in [-0.05, 0) is 19.9 Å². The van der Waals surface area contributed by atoms with Gasteiger partial charge in [-0.3, -0.25) is 10.1 Å². The summed E-state index contributed by atoms with van der Waals surface area (Å²) in [5, 5.41) is 13.7. The van der Waals surface area contributed by atoms with E-state index in [1.165, 1.54) is 19.3 Å². The van der Waals surface area contributed by atoms with E-state index in [2.05, 4.69) is 20.6 Å². The number of amides is 2. The lowest BCUT2D eigenvalue weighted by molar-refractivity contribution is -0.141. The van der Waals surface area contributed by atoms with Crippen LogP contribution in [-0.2, 0) is 4.79 Å². The molecule has 7 nitrogen and oxygen atoms in total. The highest BCUT2D eigenvalue weighted by atomic mass is 16.4. The first kappa shape index (κ1) is 12.9. The van der Waals surface area contributed by atoms with Gasteiger partial charge in [-0.1, -0.05) is 0 Å². The minimum atomic E-state index is -0.964. The maximum Gasteiger partial charge on any atom is 0.321 e. The fourth-order valence-corrected chi connectivity index (χ4v) is 1.05.